The Balaban J connectivity index is 2.28. The molecule has 2 N–H and O–H groups in total. The van der Waals surface area contributed by atoms with Gasteiger partial charge in [0.25, 0.3) is 5.89 Å². The van der Waals surface area contributed by atoms with Gasteiger partial charge in [-0.25, -0.2) is 4.98 Å². The first kappa shape index (κ1) is 11.2. The Hall–Kier alpha value is -2.26. The van der Waals surface area contributed by atoms with Crippen LogP contribution in [0, 0.1) is 11.3 Å². The summed E-state index contributed by atoms with van der Waals surface area (Å²) < 4.78 is 5.09. The molecule has 0 saturated heterocycles. The van der Waals surface area contributed by atoms with E-state index in [1.54, 1.807) is 12.1 Å². The summed E-state index contributed by atoms with van der Waals surface area (Å²) in [5.74, 6) is 0.948. The second-order valence-electron chi connectivity index (χ2n) is 3.64. The Kier molecular flexibility index (Phi) is 3.12. The molecular weight excluding hydrogens is 218 g/mol. The van der Waals surface area contributed by atoms with Gasteiger partial charge in [0.2, 0.25) is 0 Å². The molecule has 0 fully saturated rings. The monoisotopic (exact) mass is 229 g/mol. The highest BCUT2D eigenvalue weighted by molar-refractivity contribution is 5.47. The summed E-state index contributed by atoms with van der Waals surface area (Å²) in [7, 11) is 0. The van der Waals surface area contributed by atoms with Crippen LogP contribution in [0.25, 0.3) is 11.6 Å². The van der Waals surface area contributed by atoms with Crippen LogP contribution in [0.15, 0.2) is 22.9 Å². The number of nitriles is 1. The smallest absolute Gasteiger partial charge is 0.276 e. The molecule has 17 heavy (non-hydrogen) atoms. The van der Waals surface area contributed by atoms with E-state index in [-0.39, 0.29) is 5.92 Å². The van der Waals surface area contributed by atoms with Crippen molar-refractivity contribution in [3.8, 4) is 17.7 Å². The van der Waals surface area contributed by atoms with Crippen molar-refractivity contribution in [3.05, 3.63) is 29.7 Å². The number of pyridine rings is 1. The van der Waals surface area contributed by atoms with Crippen molar-refractivity contribution >= 4 is 0 Å². The molecule has 0 bridgehead atoms. The minimum absolute atomic E-state index is 0.0471. The van der Waals surface area contributed by atoms with Gasteiger partial charge < -0.3 is 10.3 Å². The van der Waals surface area contributed by atoms with Gasteiger partial charge in [-0.05, 0) is 12.1 Å². The van der Waals surface area contributed by atoms with Crippen molar-refractivity contribution in [2.24, 2.45) is 5.73 Å². The van der Waals surface area contributed by atoms with Crippen LogP contribution in [0.3, 0.4) is 0 Å². The molecule has 0 spiro atoms. The Morgan fingerprint density at radius 3 is 2.94 bits per heavy atom. The summed E-state index contributed by atoms with van der Waals surface area (Å²) in [5.41, 5.74) is 6.55. The minimum Gasteiger partial charge on any atom is -0.332 e. The number of rotatable bonds is 3. The summed E-state index contributed by atoms with van der Waals surface area (Å²) in [6.07, 6.45) is 1.46. The van der Waals surface area contributed by atoms with Gasteiger partial charge >= 0.3 is 0 Å². The molecule has 2 aromatic heterocycles. The summed E-state index contributed by atoms with van der Waals surface area (Å²) in [5, 5.41) is 12.5. The highest BCUT2D eigenvalue weighted by atomic mass is 16.5. The highest BCUT2D eigenvalue weighted by Crippen LogP contribution is 2.17. The molecular formula is C11H11N5O. The molecule has 1 atom stereocenters. The maximum absolute atomic E-state index is 8.65. The van der Waals surface area contributed by atoms with Gasteiger partial charge in [0.05, 0.1) is 5.56 Å². The zero-order valence-electron chi connectivity index (χ0n) is 9.29. The molecule has 0 amide bonds. The lowest BCUT2D eigenvalue weighted by molar-refractivity contribution is 0.417. The molecule has 0 aromatic carbocycles. The van der Waals surface area contributed by atoms with E-state index in [0.29, 0.717) is 29.5 Å². The van der Waals surface area contributed by atoms with Gasteiger partial charge in [-0.1, -0.05) is 12.1 Å². The third-order valence-corrected chi connectivity index (χ3v) is 2.35. The van der Waals surface area contributed by atoms with E-state index in [1.165, 1.54) is 6.20 Å². The quantitative estimate of drug-likeness (QED) is 0.844. The lowest BCUT2D eigenvalue weighted by Gasteiger charge is -1.98. The van der Waals surface area contributed by atoms with Gasteiger partial charge in [0, 0.05) is 18.7 Å². The first-order valence-electron chi connectivity index (χ1n) is 5.14. The van der Waals surface area contributed by atoms with Crippen LogP contribution in [0.5, 0.6) is 0 Å². The molecule has 86 valence electrons. The van der Waals surface area contributed by atoms with Gasteiger partial charge in [0.15, 0.2) is 5.82 Å². The SMILES string of the molecule is CC(CN)c1noc(-c2ccc(C#N)cn2)n1. The van der Waals surface area contributed by atoms with Crippen molar-refractivity contribution in [1.82, 2.24) is 15.1 Å². The fourth-order valence-corrected chi connectivity index (χ4v) is 1.23. The summed E-state index contributed by atoms with van der Waals surface area (Å²) in [6, 6.07) is 5.31. The third-order valence-electron chi connectivity index (χ3n) is 2.35. The van der Waals surface area contributed by atoms with Crippen molar-refractivity contribution in [1.29, 1.82) is 5.26 Å². The molecule has 0 radical (unpaired) electrons. The Morgan fingerprint density at radius 2 is 2.35 bits per heavy atom. The predicted octanol–water partition coefficient (Wildman–Crippen LogP) is 1.07. The topological polar surface area (TPSA) is 102 Å². The number of nitrogens with two attached hydrogens (primary N) is 1. The van der Waals surface area contributed by atoms with E-state index in [1.807, 2.05) is 13.0 Å². The zero-order chi connectivity index (χ0) is 12.3. The van der Waals surface area contributed by atoms with E-state index >= 15 is 0 Å². The molecule has 0 aliphatic rings. The van der Waals surface area contributed by atoms with Crippen molar-refractivity contribution in [2.45, 2.75) is 12.8 Å². The zero-order valence-corrected chi connectivity index (χ0v) is 9.29. The summed E-state index contributed by atoms with van der Waals surface area (Å²) in [6.45, 7) is 2.38. The lowest BCUT2D eigenvalue weighted by Crippen LogP contribution is -2.10. The average molecular weight is 229 g/mol. The Bertz CT molecular complexity index is 540. The van der Waals surface area contributed by atoms with Crippen molar-refractivity contribution in [2.75, 3.05) is 6.54 Å². The van der Waals surface area contributed by atoms with E-state index in [4.69, 9.17) is 15.5 Å². The maximum atomic E-state index is 8.65. The van der Waals surface area contributed by atoms with Crippen LogP contribution >= 0.6 is 0 Å². The van der Waals surface area contributed by atoms with Crippen LogP contribution in [0.2, 0.25) is 0 Å². The minimum atomic E-state index is 0.0471. The van der Waals surface area contributed by atoms with Crippen molar-refractivity contribution < 1.29 is 4.52 Å². The van der Waals surface area contributed by atoms with Crippen molar-refractivity contribution in [3.63, 3.8) is 0 Å². The second-order valence-corrected chi connectivity index (χ2v) is 3.64. The first-order valence-corrected chi connectivity index (χ1v) is 5.14. The fraction of sp³-hybridized carbons (Fsp3) is 0.273. The normalized spacial score (nSPS) is 12.1. The van der Waals surface area contributed by atoms with Crippen LogP contribution in [0.4, 0.5) is 0 Å². The van der Waals surface area contributed by atoms with Crippen LogP contribution in [-0.4, -0.2) is 21.7 Å². The Labute approximate surface area is 98.1 Å². The highest BCUT2D eigenvalue weighted by Gasteiger charge is 2.14. The standard InChI is InChI=1S/C11H11N5O/c1-7(4-12)10-15-11(17-16-10)9-3-2-8(5-13)6-14-9/h2-3,6-7H,4,12H2,1H3. The number of hydrogen-bond acceptors (Lipinski definition) is 6. The Morgan fingerprint density at radius 1 is 1.53 bits per heavy atom. The molecule has 6 heteroatoms. The maximum Gasteiger partial charge on any atom is 0.276 e. The van der Waals surface area contributed by atoms with Crippen LogP contribution < -0.4 is 5.73 Å². The summed E-state index contributed by atoms with van der Waals surface area (Å²) >= 11 is 0. The number of aromatic nitrogens is 3. The van der Waals surface area contributed by atoms with E-state index in [0.717, 1.165) is 0 Å². The van der Waals surface area contributed by atoms with Gasteiger partial charge in [0.1, 0.15) is 11.8 Å². The van der Waals surface area contributed by atoms with Crippen LogP contribution in [0.1, 0.15) is 24.2 Å². The molecule has 6 nitrogen and oxygen atoms in total. The van der Waals surface area contributed by atoms with E-state index < -0.39 is 0 Å². The number of hydrogen-bond donors (Lipinski definition) is 1. The number of nitrogens with zero attached hydrogens (tertiary/aromatic N) is 4. The van der Waals surface area contributed by atoms with Crippen LogP contribution in [-0.2, 0) is 0 Å². The first-order chi connectivity index (χ1) is 8.24. The molecule has 2 aromatic rings. The molecule has 0 saturated carbocycles. The van der Waals surface area contributed by atoms with Gasteiger partial charge in [-0.2, -0.15) is 10.2 Å². The third kappa shape index (κ3) is 2.29. The molecule has 0 aliphatic carbocycles. The largest absolute Gasteiger partial charge is 0.332 e. The predicted molar refractivity (Wildman–Crippen MR) is 59.7 cm³/mol. The fourth-order valence-electron chi connectivity index (χ4n) is 1.23. The lowest BCUT2D eigenvalue weighted by atomic mass is 10.2. The second kappa shape index (κ2) is 4.72. The molecule has 2 rings (SSSR count). The molecule has 0 aliphatic heterocycles. The summed E-state index contributed by atoms with van der Waals surface area (Å²) in [4.78, 5) is 8.27. The molecule has 2 heterocycles. The van der Waals surface area contributed by atoms with Gasteiger partial charge in [-0.15, -0.1) is 0 Å². The van der Waals surface area contributed by atoms with E-state index in [9.17, 15) is 0 Å². The van der Waals surface area contributed by atoms with Gasteiger partial charge in [-0.3, -0.25) is 0 Å². The van der Waals surface area contributed by atoms with E-state index in [2.05, 4.69) is 15.1 Å². The average Bonchev–Trinajstić information content (AvgIpc) is 2.87. The molecule has 1 unspecified atom stereocenters.